The molecule has 110 valence electrons. The molecular weight excluding hydrogens is 270 g/mol. The van der Waals surface area contributed by atoms with Crippen molar-refractivity contribution in [3.05, 3.63) is 34.9 Å². The molecule has 21 heavy (non-hydrogen) atoms. The van der Waals surface area contributed by atoms with Gasteiger partial charge in [0.15, 0.2) is 0 Å². The maximum Gasteiger partial charge on any atom is 0.308 e. The third kappa shape index (κ3) is 2.13. The fraction of sp³-hybridized carbons (Fsp3) is 0.438. The summed E-state index contributed by atoms with van der Waals surface area (Å²) in [6, 6.07) is 4.63. The van der Waals surface area contributed by atoms with E-state index in [-0.39, 0.29) is 11.8 Å². The largest absolute Gasteiger partial charge is 0.481 e. The van der Waals surface area contributed by atoms with Crippen LogP contribution < -0.4 is 0 Å². The minimum absolute atomic E-state index is 0.350. The number of carboxylic acid groups (broad SMARTS) is 1. The summed E-state index contributed by atoms with van der Waals surface area (Å²) in [5.74, 6) is -2.28. The lowest BCUT2D eigenvalue weighted by molar-refractivity contribution is -0.144. The maximum atomic E-state index is 12.5. The number of benzene rings is 1. The standard InChI is InChI=1S/C16H17NO4/c1-9-6-7-10-12(8-9)15(19)17(14(10)18)13-5-3-2-4-11(13)16(20)21/h6-8,11,13H,2-5H2,1H3,(H,20,21). The fourth-order valence-corrected chi connectivity index (χ4v) is 3.38. The number of fused-ring (bicyclic) bond motifs is 1. The first-order chi connectivity index (χ1) is 10.0. The van der Waals surface area contributed by atoms with E-state index in [1.165, 1.54) is 4.90 Å². The second-order valence-electron chi connectivity index (χ2n) is 5.83. The molecule has 1 fully saturated rings. The van der Waals surface area contributed by atoms with Crippen LogP contribution in [-0.2, 0) is 4.79 Å². The van der Waals surface area contributed by atoms with E-state index in [1.54, 1.807) is 18.2 Å². The lowest BCUT2D eigenvalue weighted by atomic mass is 9.83. The van der Waals surface area contributed by atoms with Crippen molar-refractivity contribution in [2.45, 2.75) is 38.6 Å². The van der Waals surface area contributed by atoms with Crippen LogP contribution in [0.1, 0.15) is 52.0 Å². The maximum absolute atomic E-state index is 12.5. The average Bonchev–Trinajstić information content (AvgIpc) is 2.70. The van der Waals surface area contributed by atoms with Crippen LogP contribution in [0.2, 0.25) is 0 Å². The van der Waals surface area contributed by atoms with Gasteiger partial charge in [-0.3, -0.25) is 19.3 Å². The van der Waals surface area contributed by atoms with Crippen LogP contribution in [0.25, 0.3) is 0 Å². The molecule has 0 radical (unpaired) electrons. The number of hydrogen-bond acceptors (Lipinski definition) is 3. The van der Waals surface area contributed by atoms with Gasteiger partial charge < -0.3 is 5.11 Å². The Morgan fingerprint density at radius 2 is 1.81 bits per heavy atom. The second kappa shape index (κ2) is 4.98. The van der Waals surface area contributed by atoms with Gasteiger partial charge in [-0.25, -0.2) is 0 Å². The first-order valence-corrected chi connectivity index (χ1v) is 7.22. The third-order valence-electron chi connectivity index (χ3n) is 4.45. The average molecular weight is 287 g/mol. The van der Waals surface area contributed by atoms with Gasteiger partial charge in [0.25, 0.3) is 11.8 Å². The van der Waals surface area contributed by atoms with Crippen LogP contribution in [0.5, 0.6) is 0 Å². The van der Waals surface area contributed by atoms with E-state index in [0.717, 1.165) is 18.4 Å². The van der Waals surface area contributed by atoms with Gasteiger partial charge in [0, 0.05) is 0 Å². The Kier molecular flexibility index (Phi) is 3.27. The van der Waals surface area contributed by atoms with Gasteiger partial charge in [0.2, 0.25) is 0 Å². The van der Waals surface area contributed by atoms with E-state index >= 15 is 0 Å². The SMILES string of the molecule is Cc1ccc2c(c1)C(=O)N(C1CCCCC1C(=O)O)C2=O. The molecule has 0 bridgehead atoms. The second-order valence-corrected chi connectivity index (χ2v) is 5.83. The van der Waals surface area contributed by atoms with Crippen molar-refractivity contribution >= 4 is 17.8 Å². The van der Waals surface area contributed by atoms with Gasteiger partial charge in [-0.15, -0.1) is 0 Å². The van der Waals surface area contributed by atoms with Crippen molar-refractivity contribution in [2.24, 2.45) is 5.92 Å². The number of carbonyl (C=O) groups excluding carboxylic acids is 2. The smallest absolute Gasteiger partial charge is 0.308 e. The van der Waals surface area contributed by atoms with Gasteiger partial charge >= 0.3 is 5.97 Å². The Hall–Kier alpha value is -2.17. The number of nitrogens with zero attached hydrogens (tertiary/aromatic N) is 1. The van der Waals surface area contributed by atoms with Gasteiger partial charge in [-0.2, -0.15) is 0 Å². The highest BCUT2D eigenvalue weighted by atomic mass is 16.4. The van der Waals surface area contributed by atoms with E-state index in [1.807, 2.05) is 6.92 Å². The summed E-state index contributed by atoms with van der Waals surface area (Å²) < 4.78 is 0. The molecular formula is C16H17NO4. The highest BCUT2D eigenvalue weighted by Gasteiger charge is 2.45. The number of rotatable bonds is 2. The highest BCUT2D eigenvalue weighted by molar-refractivity contribution is 6.21. The Balaban J connectivity index is 1.98. The summed E-state index contributed by atoms with van der Waals surface area (Å²) in [5, 5.41) is 9.35. The topological polar surface area (TPSA) is 74.7 Å². The molecule has 5 nitrogen and oxygen atoms in total. The molecule has 1 aromatic carbocycles. The van der Waals surface area contributed by atoms with E-state index < -0.39 is 17.9 Å². The van der Waals surface area contributed by atoms with Crippen molar-refractivity contribution in [3.63, 3.8) is 0 Å². The van der Waals surface area contributed by atoms with Gasteiger partial charge in [0.05, 0.1) is 23.1 Å². The zero-order chi connectivity index (χ0) is 15.1. The third-order valence-corrected chi connectivity index (χ3v) is 4.45. The molecule has 1 N–H and O–H groups in total. The summed E-state index contributed by atoms with van der Waals surface area (Å²) in [4.78, 5) is 37.6. The number of carboxylic acids is 1. The lowest BCUT2D eigenvalue weighted by Crippen LogP contribution is -2.48. The van der Waals surface area contributed by atoms with Crippen LogP contribution >= 0.6 is 0 Å². The Labute approximate surface area is 122 Å². The van der Waals surface area contributed by atoms with Crippen LogP contribution in [0, 0.1) is 12.8 Å². The van der Waals surface area contributed by atoms with Crippen LogP contribution in [0.15, 0.2) is 18.2 Å². The van der Waals surface area contributed by atoms with Gasteiger partial charge in [-0.05, 0) is 31.9 Å². The van der Waals surface area contributed by atoms with Gasteiger partial charge in [-0.1, -0.05) is 24.5 Å². The molecule has 0 aromatic heterocycles. The van der Waals surface area contributed by atoms with E-state index in [9.17, 15) is 19.5 Å². The summed E-state index contributed by atoms with van der Waals surface area (Å²) >= 11 is 0. The molecule has 5 heteroatoms. The number of imide groups is 1. The Bertz CT molecular complexity index is 637. The van der Waals surface area contributed by atoms with Crippen molar-refractivity contribution in [2.75, 3.05) is 0 Å². The molecule has 2 amide bonds. The molecule has 0 saturated heterocycles. The lowest BCUT2D eigenvalue weighted by Gasteiger charge is -2.34. The van der Waals surface area contributed by atoms with Crippen LogP contribution in [0.4, 0.5) is 0 Å². The van der Waals surface area contributed by atoms with Crippen molar-refractivity contribution in [3.8, 4) is 0 Å². The number of carbonyl (C=O) groups is 3. The molecule has 1 heterocycles. The van der Waals surface area contributed by atoms with Gasteiger partial charge in [0.1, 0.15) is 0 Å². The predicted molar refractivity (Wildman–Crippen MR) is 75.1 cm³/mol. The number of hydrogen-bond donors (Lipinski definition) is 1. The minimum Gasteiger partial charge on any atom is -0.481 e. The Morgan fingerprint density at radius 1 is 1.14 bits per heavy atom. The minimum atomic E-state index is -0.924. The Morgan fingerprint density at radius 3 is 2.52 bits per heavy atom. The molecule has 1 saturated carbocycles. The van der Waals surface area contributed by atoms with Crippen LogP contribution in [0.3, 0.4) is 0 Å². The zero-order valence-corrected chi connectivity index (χ0v) is 11.8. The van der Waals surface area contributed by atoms with Crippen molar-refractivity contribution < 1.29 is 19.5 Å². The molecule has 2 aliphatic rings. The van der Waals surface area contributed by atoms with E-state index in [4.69, 9.17) is 0 Å². The molecule has 1 aromatic rings. The molecule has 2 atom stereocenters. The number of amides is 2. The normalized spacial score (nSPS) is 25.1. The number of aryl methyl sites for hydroxylation is 1. The summed E-state index contributed by atoms with van der Waals surface area (Å²) in [6.07, 6.45) is 2.77. The number of aliphatic carboxylic acids is 1. The fourth-order valence-electron chi connectivity index (χ4n) is 3.38. The van der Waals surface area contributed by atoms with E-state index in [2.05, 4.69) is 0 Å². The molecule has 3 rings (SSSR count). The summed E-state index contributed by atoms with van der Waals surface area (Å²) in [5.41, 5.74) is 1.70. The molecule has 2 unspecified atom stereocenters. The van der Waals surface area contributed by atoms with E-state index in [0.29, 0.717) is 24.0 Å². The molecule has 0 spiro atoms. The zero-order valence-electron chi connectivity index (χ0n) is 11.8. The predicted octanol–water partition coefficient (Wildman–Crippen LogP) is 2.23. The molecule has 1 aliphatic carbocycles. The monoisotopic (exact) mass is 287 g/mol. The first-order valence-electron chi connectivity index (χ1n) is 7.22. The van der Waals surface area contributed by atoms with Crippen molar-refractivity contribution in [1.29, 1.82) is 0 Å². The summed E-state index contributed by atoms with van der Waals surface area (Å²) in [6.45, 7) is 1.86. The molecule has 1 aliphatic heterocycles. The summed E-state index contributed by atoms with van der Waals surface area (Å²) in [7, 11) is 0. The highest BCUT2D eigenvalue weighted by Crippen LogP contribution is 2.34. The van der Waals surface area contributed by atoms with Crippen LogP contribution in [-0.4, -0.2) is 33.8 Å². The van der Waals surface area contributed by atoms with Crippen molar-refractivity contribution in [1.82, 2.24) is 4.90 Å². The quantitative estimate of drug-likeness (QED) is 0.846. The first kappa shape index (κ1) is 13.8.